The maximum atomic E-state index is 4.81. The number of aromatic nitrogens is 2. The highest BCUT2D eigenvalue weighted by molar-refractivity contribution is 9.08. The first-order valence-electron chi connectivity index (χ1n) is 7.10. The Kier molecular flexibility index (Phi) is 3.97. The Morgan fingerprint density at radius 1 is 1.14 bits per heavy atom. The molecule has 0 aliphatic carbocycles. The Bertz CT molecular complexity index is 746. The summed E-state index contributed by atoms with van der Waals surface area (Å²) >= 11 is 3.60. The van der Waals surface area contributed by atoms with Gasteiger partial charge < -0.3 is 9.30 Å². The molecule has 21 heavy (non-hydrogen) atoms. The fourth-order valence-corrected chi connectivity index (χ4v) is 3.07. The van der Waals surface area contributed by atoms with E-state index < -0.39 is 0 Å². The number of fused-ring (bicyclic) bond motifs is 1. The molecule has 0 fully saturated rings. The Morgan fingerprint density at radius 3 is 2.57 bits per heavy atom. The van der Waals surface area contributed by atoms with E-state index in [1.54, 1.807) is 0 Å². The van der Waals surface area contributed by atoms with Gasteiger partial charge in [0, 0.05) is 23.8 Å². The summed E-state index contributed by atoms with van der Waals surface area (Å²) < 4.78 is 2.14. The fraction of sp³-hybridized carbons (Fsp3) is 0.235. The van der Waals surface area contributed by atoms with Gasteiger partial charge in [-0.25, -0.2) is 4.98 Å². The maximum absolute atomic E-state index is 4.81. The SMILES string of the molecule is CCN(c1ccc(C)cc1)c1nc2ccccn2c1CBr. The number of anilines is 2. The molecular formula is C17H18BrN3. The molecule has 1 aromatic carbocycles. The average Bonchev–Trinajstić information content (AvgIpc) is 2.88. The Balaban J connectivity index is 2.14. The van der Waals surface area contributed by atoms with Gasteiger partial charge in [0.05, 0.1) is 5.69 Å². The number of rotatable bonds is 4. The number of hydrogen-bond acceptors (Lipinski definition) is 2. The number of hydrogen-bond donors (Lipinski definition) is 0. The zero-order valence-corrected chi connectivity index (χ0v) is 13.8. The van der Waals surface area contributed by atoms with E-state index in [4.69, 9.17) is 4.98 Å². The molecule has 0 saturated heterocycles. The van der Waals surface area contributed by atoms with Crippen molar-refractivity contribution >= 4 is 33.1 Å². The van der Waals surface area contributed by atoms with Crippen LogP contribution in [0.2, 0.25) is 0 Å². The van der Waals surface area contributed by atoms with E-state index >= 15 is 0 Å². The van der Waals surface area contributed by atoms with Gasteiger partial charge in [0.1, 0.15) is 5.65 Å². The quantitative estimate of drug-likeness (QED) is 0.640. The Labute approximate surface area is 133 Å². The predicted octanol–water partition coefficient (Wildman–Crippen LogP) is 4.70. The molecule has 0 saturated carbocycles. The minimum atomic E-state index is 0.774. The first-order valence-corrected chi connectivity index (χ1v) is 8.23. The van der Waals surface area contributed by atoms with Crippen LogP contribution in [0.15, 0.2) is 48.7 Å². The van der Waals surface area contributed by atoms with Crippen LogP contribution in [-0.4, -0.2) is 15.9 Å². The fourth-order valence-electron chi connectivity index (χ4n) is 2.55. The van der Waals surface area contributed by atoms with E-state index in [9.17, 15) is 0 Å². The number of benzene rings is 1. The minimum Gasteiger partial charge on any atom is -0.325 e. The van der Waals surface area contributed by atoms with Gasteiger partial charge in [0.25, 0.3) is 0 Å². The first kappa shape index (κ1) is 14.1. The van der Waals surface area contributed by atoms with Crippen LogP contribution in [0.5, 0.6) is 0 Å². The normalized spacial score (nSPS) is 11.0. The number of aryl methyl sites for hydroxylation is 1. The molecule has 3 nitrogen and oxygen atoms in total. The lowest BCUT2D eigenvalue weighted by molar-refractivity contribution is 0.983. The molecule has 0 aliphatic heterocycles. The maximum Gasteiger partial charge on any atom is 0.156 e. The Morgan fingerprint density at radius 2 is 1.90 bits per heavy atom. The Hall–Kier alpha value is -1.81. The molecule has 0 aliphatic rings. The van der Waals surface area contributed by atoms with Crippen molar-refractivity contribution in [1.29, 1.82) is 0 Å². The summed E-state index contributed by atoms with van der Waals surface area (Å²) in [6, 6.07) is 14.7. The van der Waals surface area contributed by atoms with Gasteiger partial charge in [-0.05, 0) is 38.1 Å². The molecule has 0 unspecified atom stereocenters. The molecule has 3 aromatic rings. The first-order chi connectivity index (χ1) is 10.2. The molecule has 0 amide bonds. The van der Waals surface area contributed by atoms with Crippen molar-refractivity contribution in [2.75, 3.05) is 11.4 Å². The standard InChI is InChI=1S/C17H18BrN3/c1-3-20(14-9-7-13(2)8-10-14)17-15(12-18)21-11-5-4-6-16(21)19-17/h4-11H,3,12H2,1-2H3. The summed E-state index contributed by atoms with van der Waals surface area (Å²) in [7, 11) is 0. The molecular weight excluding hydrogens is 326 g/mol. The van der Waals surface area contributed by atoms with Crippen molar-refractivity contribution in [3.05, 3.63) is 59.9 Å². The highest BCUT2D eigenvalue weighted by Gasteiger charge is 2.17. The van der Waals surface area contributed by atoms with Gasteiger partial charge in [-0.3, -0.25) is 0 Å². The molecule has 0 bridgehead atoms. The van der Waals surface area contributed by atoms with Crippen LogP contribution in [0.25, 0.3) is 5.65 Å². The van der Waals surface area contributed by atoms with E-state index in [0.29, 0.717) is 0 Å². The monoisotopic (exact) mass is 343 g/mol. The summed E-state index contributed by atoms with van der Waals surface area (Å²) in [6.07, 6.45) is 2.06. The summed E-state index contributed by atoms with van der Waals surface area (Å²) in [4.78, 5) is 7.07. The summed E-state index contributed by atoms with van der Waals surface area (Å²) in [6.45, 7) is 5.14. The second-order valence-electron chi connectivity index (χ2n) is 5.02. The third-order valence-corrected chi connectivity index (χ3v) is 4.18. The van der Waals surface area contributed by atoms with E-state index in [1.807, 2.05) is 18.2 Å². The van der Waals surface area contributed by atoms with E-state index in [1.165, 1.54) is 16.9 Å². The smallest absolute Gasteiger partial charge is 0.156 e. The molecule has 2 heterocycles. The van der Waals surface area contributed by atoms with Crippen LogP contribution in [0, 0.1) is 6.92 Å². The molecule has 0 atom stereocenters. The van der Waals surface area contributed by atoms with Gasteiger partial charge in [-0.15, -0.1) is 0 Å². The average molecular weight is 344 g/mol. The number of imidazole rings is 1. The molecule has 0 N–H and O–H groups in total. The van der Waals surface area contributed by atoms with Crippen LogP contribution < -0.4 is 4.90 Å². The van der Waals surface area contributed by atoms with Crippen molar-refractivity contribution in [2.24, 2.45) is 0 Å². The summed E-state index contributed by atoms with van der Waals surface area (Å²) in [5.74, 6) is 1.02. The van der Waals surface area contributed by atoms with Crippen LogP contribution in [0.4, 0.5) is 11.5 Å². The number of nitrogens with zero attached hydrogens (tertiary/aromatic N) is 3. The lowest BCUT2D eigenvalue weighted by Crippen LogP contribution is -2.17. The zero-order valence-electron chi connectivity index (χ0n) is 12.3. The van der Waals surface area contributed by atoms with Gasteiger partial charge >= 0.3 is 0 Å². The highest BCUT2D eigenvalue weighted by atomic mass is 79.9. The lowest BCUT2D eigenvalue weighted by atomic mass is 10.2. The second kappa shape index (κ2) is 5.90. The predicted molar refractivity (Wildman–Crippen MR) is 91.7 cm³/mol. The lowest BCUT2D eigenvalue weighted by Gasteiger charge is -2.22. The van der Waals surface area contributed by atoms with Crippen molar-refractivity contribution < 1.29 is 0 Å². The number of pyridine rings is 1. The zero-order chi connectivity index (χ0) is 14.8. The van der Waals surface area contributed by atoms with Gasteiger partial charge in [0.2, 0.25) is 0 Å². The van der Waals surface area contributed by atoms with Gasteiger partial charge in [0.15, 0.2) is 5.82 Å². The minimum absolute atomic E-state index is 0.774. The topological polar surface area (TPSA) is 20.5 Å². The number of halogens is 1. The molecule has 2 aromatic heterocycles. The van der Waals surface area contributed by atoms with E-state index in [0.717, 1.165) is 23.3 Å². The van der Waals surface area contributed by atoms with Crippen LogP contribution in [0.1, 0.15) is 18.2 Å². The van der Waals surface area contributed by atoms with Gasteiger partial charge in [-0.2, -0.15) is 0 Å². The van der Waals surface area contributed by atoms with E-state index in [2.05, 4.69) is 69.5 Å². The largest absolute Gasteiger partial charge is 0.325 e. The summed E-state index contributed by atoms with van der Waals surface area (Å²) in [5.41, 5.74) is 4.60. The molecule has 0 radical (unpaired) electrons. The van der Waals surface area contributed by atoms with Crippen molar-refractivity contribution in [2.45, 2.75) is 19.2 Å². The van der Waals surface area contributed by atoms with Crippen LogP contribution in [-0.2, 0) is 5.33 Å². The van der Waals surface area contributed by atoms with Crippen molar-refractivity contribution in [3.63, 3.8) is 0 Å². The van der Waals surface area contributed by atoms with Gasteiger partial charge in [-0.1, -0.05) is 39.7 Å². The van der Waals surface area contributed by atoms with E-state index in [-0.39, 0.29) is 0 Å². The molecule has 3 rings (SSSR count). The number of alkyl halides is 1. The van der Waals surface area contributed by atoms with Crippen LogP contribution >= 0.6 is 15.9 Å². The third-order valence-electron chi connectivity index (χ3n) is 3.65. The molecule has 108 valence electrons. The van der Waals surface area contributed by atoms with Crippen molar-refractivity contribution in [1.82, 2.24) is 9.38 Å². The third kappa shape index (κ3) is 2.56. The van der Waals surface area contributed by atoms with Crippen LogP contribution in [0.3, 0.4) is 0 Å². The highest BCUT2D eigenvalue weighted by Crippen LogP contribution is 2.30. The second-order valence-corrected chi connectivity index (χ2v) is 5.59. The molecule has 4 heteroatoms. The molecule has 0 spiro atoms. The summed E-state index contributed by atoms with van der Waals surface area (Å²) in [5, 5.41) is 0.774. The van der Waals surface area contributed by atoms with Crippen molar-refractivity contribution in [3.8, 4) is 0 Å².